The Hall–Kier alpha value is -0.380. The van der Waals surface area contributed by atoms with E-state index in [0.29, 0.717) is 6.54 Å². The highest BCUT2D eigenvalue weighted by molar-refractivity contribution is 9.10. The summed E-state index contributed by atoms with van der Waals surface area (Å²) in [5, 5.41) is 0. The fourth-order valence-corrected chi connectivity index (χ4v) is 2.76. The van der Waals surface area contributed by atoms with Gasteiger partial charge in [0.2, 0.25) is 0 Å². The Morgan fingerprint density at radius 2 is 1.94 bits per heavy atom. The van der Waals surface area contributed by atoms with E-state index in [4.69, 9.17) is 5.73 Å². The highest BCUT2D eigenvalue weighted by atomic mass is 79.9. The van der Waals surface area contributed by atoms with Crippen molar-refractivity contribution in [1.29, 1.82) is 0 Å². The predicted molar refractivity (Wildman–Crippen MR) is 71.2 cm³/mol. The van der Waals surface area contributed by atoms with Crippen LogP contribution < -0.4 is 5.73 Å². The van der Waals surface area contributed by atoms with E-state index in [1.165, 1.54) is 48.0 Å². The van der Waals surface area contributed by atoms with E-state index in [-0.39, 0.29) is 0 Å². The lowest BCUT2D eigenvalue weighted by Crippen LogP contribution is -2.29. The van der Waals surface area contributed by atoms with E-state index in [1.54, 1.807) is 0 Å². The van der Waals surface area contributed by atoms with Gasteiger partial charge in [-0.3, -0.25) is 4.90 Å². The number of hydrogen-bond acceptors (Lipinski definition) is 2. The maximum Gasteiger partial charge on any atom is 0.0244 e. The summed E-state index contributed by atoms with van der Waals surface area (Å²) in [4.78, 5) is 2.53. The monoisotopic (exact) mass is 282 g/mol. The summed E-state index contributed by atoms with van der Waals surface area (Å²) in [5.74, 6) is 0. The number of nitrogens with two attached hydrogens (primary N) is 1. The van der Waals surface area contributed by atoms with Crippen molar-refractivity contribution in [3.05, 3.63) is 33.8 Å². The molecule has 16 heavy (non-hydrogen) atoms. The minimum atomic E-state index is 0.614. The van der Waals surface area contributed by atoms with Crippen molar-refractivity contribution in [3.63, 3.8) is 0 Å². The molecule has 2 nitrogen and oxygen atoms in total. The average molecular weight is 283 g/mol. The molecule has 1 fully saturated rings. The fraction of sp³-hybridized carbons (Fsp3) is 0.538. The van der Waals surface area contributed by atoms with Crippen molar-refractivity contribution in [1.82, 2.24) is 4.90 Å². The number of likely N-dealkylation sites (tertiary alicyclic amines) is 1. The summed E-state index contributed by atoms with van der Waals surface area (Å²) in [6.07, 6.45) is 4.08. The second-order valence-electron chi connectivity index (χ2n) is 4.47. The molecule has 0 atom stereocenters. The van der Waals surface area contributed by atoms with Gasteiger partial charge in [0, 0.05) is 17.6 Å². The third kappa shape index (κ3) is 3.06. The van der Waals surface area contributed by atoms with E-state index in [2.05, 4.69) is 39.0 Å². The first-order valence-corrected chi connectivity index (χ1v) is 6.78. The van der Waals surface area contributed by atoms with Crippen molar-refractivity contribution >= 4 is 15.9 Å². The predicted octanol–water partition coefficient (Wildman–Crippen LogP) is 2.89. The maximum atomic E-state index is 5.62. The molecule has 1 aliphatic rings. The van der Waals surface area contributed by atoms with Gasteiger partial charge in [0.15, 0.2) is 0 Å². The Morgan fingerprint density at radius 1 is 1.19 bits per heavy atom. The van der Waals surface area contributed by atoms with E-state index < -0.39 is 0 Å². The number of halogens is 1. The molecule has 0 aliphatic carbocycles. The van der Waals surface area contributed by atoms with E-state index in [9.17, 15) is 0 Å². The van der Waals surface area contributed by atoms with Gasteiger partial charge in [-0.15, -0.1) is 0 Å². The molecule has 1 heterocycles. The minimum Gasteiger partial charge on any atom is -0.326 e. The zero-order valence-electron chi connectivity index (χ0n) is 9.58. The molecule has 2 rings (SSSR count). The Bertz CT molecular complexity index is 346. The zero-order chi connectivity index (χ0) is 11.4. The second-order valence-corrected chi connectivity index (χ2v) is 5.32. The topological polar surface area (TPSA) is 29.3 Å². The summed E-state index contributed by atoms with van der Waals surface area (Å²) in [5.41, 5.74) is 8.19. The van der Waals surface area contributed by atoms with Crippen molar-refractivity contribution in [2.24, 2.45) is 5.73 Å². The summed E-state index contributed by atoms with van der Waals surface area (Å²) >= 11 is 3.63. The summed E-state index contributed by atoms with van der Waals surface area (Å²) in [7, 11) is 0. The smallest absolute Gasteiger partial charge is 0.0244 e. The van der Waals surface area contributed by atoms with Crippen molar-refractivity contribution in [3.8, 4) is 0 Å². The normalized spacial score (nSPS) is 17.6. The lowest BCUT2D eigenvalue weighted by Gasteiger charge is -2.26. The highest BCUT2D eigenvalue weighted by Gasteiger charge is 2.11. The minimum absolute atomic E-state index is 0.614. The Labute approximate surface area is 106 Å². The van der Waals surface area contributed by atoms with Gasteiger partial charge in [-0.2, -0.15) is 0 Å². The van der Waals surface area contributed by atoms with Crippen molar-refractivity contribution in [2.45, 2.75) is 32.4 Å². The molecule has 2 N–H and O–H groups in total. The SMILES string of the molecule is NCc1ccc(CN2CCCCC2)c(Br)c1. The molecule has 0 unspecified atom stereocenters. The van der Waals surface area contributed by atoms with E-state index in [0.717, 1.165) is 6.54 Å². The van der Waals surface area contributed by atoms with Crippen LogP contribution in [0.15, 0.2) is 22.7 Å². The van der Waals surface area contributed by atoms with Crippen LogP contribution >= 0.6 is 15.9 Å². The van der Waals surface area contributed by atoms with Gasteiger partial charge in [0.05, 0.1) is 0 Å². The highest BCUT2D eigenvalue weighted by Crippen LogP contribution is 2.21. The molecular weight excluding hydrogens is 264 g/mol. The van der Waals surface area contributed by atoms with Crippen LogP contribution in [0.4, 0.5) is 0 Å². The van der Waals surface area contributed by atoms with Crippen LogP contribution in [0.1, 0.15) is 30.4 Å². The molecule has 0 bridgehead atoms. The maximum absolute atomic E-state index is 5.62. The van der Waals surface area contributed by atoms with Gasteiger partial charge < -0.3 is 5.73 Å². The molecule has 0 aromatic heterocycles. The molecular formula is C13H19BrN2. The number of benzene rings is 1. The largest absolute Gasteiger partial charge is 0.326 e. The van der Waals surface area contributed by atoms with Crippen LogP contribution in [0.2, 0.25) is 0 Å². The van der Waals surface area contributed by atoms with Crippen molar-refractivity contribution < 1.29 is 0 Å². The number of piperidine rings is 1. The standard InChI is InChI=1S/C13H19BrN2/c14-13-8-11(9-15)4-5-12(13)10-16-6-2-1-3-7-16/h4-5,8H,1-3,6-7,9-10,15H2. The van der Waals surface area contributed by atoms with Crippen LogP contribution in [0.25, 0.3) is 0 Å². The average Bonchev–Trinajstić information content (AvgIpc) is 2.33. The van der Waals surface area contributed by atoms with Gasteiger partial charge >= 0.3 is 0 Å². The van der Waals surface area contributed by atoms with E-state index in [1.807, 2.05) is 0 Å². The molecule has 3 heteroatoms. The Balaban J connectivity index is 2.03. The van der Waals surface area contributed by atoms with Crippen LogP contribution in [-0.4, -0.2) is 18.0 Å². The molecule has 0 amide bonds. The van der Waals surface area contributed by atoms with Gasteiger partial charge in [-0.1, -0.05) is 34.5 Å². The van der Waals surface area contributed by atoms with Gasteiger partial charge in [0.1, 0.15) is 0 Å². The first-order valence-electron chi connectivity index (χ1n) is 5.99. The van der Waals surface area contributed by atoms with Gasteiger partial charge in [0.25, 0.3) is 0 Å². The molecule has 88 valence electrons. The molecule has 1 aromatic rings. The second kappa shape index (κ2) is 5.80. The quantitative estimate of drug-likeness (QED) is 0.924. The molecule has 0 radical (unpaired) electrons. The fourth-order valence-electron chi connectivity index (χ4n) is 2.20. The summed E-state index contributed by atoms with van der Waals surface area (Å²) in [6, 6.07) is 6.46. The van der Waals surface area contributed by atoms with Crippen LogP contribution in [0.3, 0.4) is 0 Å². The number of hydrogen-bond donors (Lipinski definition) is 1. The Morgan fingerprint density at radius 3 is 2.56 bits per heavy atom. The Kier molecular flexibility index (Phi) is 4.38. The molecule has 1 saturated heterocycles. The summed E-state index contributed by atoms with van der Waals surface area (Å²) < 4.78 is 1.20. The first kappa shape index (κ1) is 12.1. The van der Waals surface area contributed by atoms with Crippen LogP contribution in [0, 0.1) is 0 Å². The molecule has 0 saturated carbocycles. The zero-order valence-corrected chi connectivity index (χ0v) is 11.2. The lowest BCUT2D eigenvalue weighted by atomic mass is 10.1. The van der Waals surface area contributed by atoms with Crippen LogP contribution in [-0.2, 0) is 13.1 Å². The third-order valence-corrected chi connectivity index (χ3v) is 3.93. The van der Waals surface area contributed by atoms with Gasteiger partial charge in [-0.25, -0.2) is 0 Å². The van der Waals surface area contributed by atoms with Crippen molar-refractivity contribution in [2.75, 3.05) is 13.1 Å². The van der Waals surface area contributed by atoms with Gasteiger partial charge in [-0.05, 0) is 43.1 Å². The number of nitrogens with zero attached hydrogens (tertiary/aromatic N) is 1. The lowest BCUT2D eigenvalue weighted by molar-refractivity contribution is 0.220. The molecule has 1 aromatic carbocycles. The van der Waals surface area contributed by atoms with E-state index >= 15 is 0 Å². The first-order chi connectivity index (χ1) is 7.79. The number of rotatable bonds is 3. The third-order valence-electron chi connectivity index (χ3n) is 3.20. The molecule has 0 spiro atoms. The van der Waals surface area contributed by atoms with Crippen LogP contribution in [0.5, 0.6) is 0 Å². The summed E-state index contributed by atoms with van der Waals surface area (Å²) in [6.45, 7) is 4.16. The molecule has 1 aliphatic heterocycles.